The van der Waals surface area contributed by atoms with Crippen molar-refractivity contribution in [3.8, 4) is 0 Å². The SMILES string of the molecule is CCCCCCCCOC[C@H]1OC(O)[C@H](O)[C@@H](O)[C@@H]1OCCCCCCCC. The highest BCUT2D eigenvalue weighted by Gasteiger charge is 2.44. The molecule has 3 N–H and O–H groups in total. The Labute approximate surface area is 171 Å². The lowest BCUT2D eigenvalue weighted by Gasteiger charge is -2.40. The van der Waals surface area contributed by atoms with Gasteiger partial charge in [0.25, 0.3) is 0 Å². The van der Waals surface area contributed by atoms with Gasteiger partial charge in [-0.3, -0.25) is 0 Å². The van der Waals surface area contributed by atoms with Crippen molar-refractivity contribution in [2.45, 2.75) is 122 Å². The molecule has 0 aromatic carbocycles. The van der Waals surface area contributed by atoms with Gasteiger partial charge in [0.15, 0.2) is 6.29 Å². The van der Waals surface area contributed by atoms with E-state index < -0.39 is 30.7 Å². The third-order valence-corrected chi connectivity index (χ3v) is 5.39. The maximum absolute atomic E-state index is 10.3. The molecule has 168 valence electrons. The summed E-state index contributed by atoms with van der Waals surface area (Å²) in [6.45, 7) is 5.79. The number of aliphatic hydroxyl groups excluding tert-OH is 3. The van der Waals surface area contributed by atoms with Gasteiger partial charge in [0.05, 0.1) is 6.61 Å². The minimum Gasteiger partial charge on any atom is -0.387 e. The van der Waals surface area contributed by atoms with Gasteiger partial charge >= 0.3 is 0 Å². The molecule has 0 spiro atoms. The van der Waals surface area contributed by atoms with Crippen LogP contribution in [0.25, 0.3) is 0 Å². The zero-order valence-electron chi connectivity index (χ0n) is 18.1. The third-order valence-electron chi connectivity index (χ3n) is 5.39. The molecule has 6 heteroatoms. The Morgan fingerprint density at radius 1 is 0.679 bits per heavy atom. The van der Waals surface area contributed by atoms with Crippen molar-refractivity contribution < 1.29 is 29.5 Å². The van der Waals surface area contributed by atoms with Crippen LogP contribution >= 0.6 is 0 Å². The summed E-state index contributed by atoms with van der Waals surface area (Å²) in [5, 5.41) is 30.0. The van der Waals surface area contributed by atoms with E-state index in [-0.39, 0.29) is 6.61 Å². The first-order valence-electron chi connectivity index (χ1n) is 11.5. The summed E-state index contributed by atoms with van der Waals surface area (Å²) < 4.78 is 17.0. The number of hydrogen-bond donors (Lipinski definition) is 3. The third kappa shape index (κ3) is 10.5. The summed E-state index contributed by atoms with van der Waals surface area (Å²) in [7, 11) is 0. The van der Waals surface area contributed by atoms with E-state index in [0.29, 0.717) is 13.2 Å². The topological polar surface area (TPSA) is 88.4 Å². The zero-order chi connectivity index (χ0) is 20.6. The first kappa shape index (κ1) is 25.8. The molecule has 28 heavy (non-hydrogen) atoms. The highest BCUT2D eigenvalue weighted by atomic mass is 16.7. The second-order valence-corrected chi connectivity index (χ2v) is 7.99. The molecule has 1 heterocycles. The molecule has 0 aromatic rings. The molecule has 0 aliphatic carbocycles. The molecule has 0 aromatic heterocycles. The second-order valence-electron chi connectivity index (χ2n) is 7.99. The summed E-state index contributed by atoms with van der Waals surface area (Å²) in [6, 6.07) is 0. The van der Waals surface area contributed by atoms with E-state index in [4.69, 9.17) is 14.2 Å². The van der Waals surface area contributed by atoms with Gasteiger partial charge < -0.3 is 29.5 Å². The molecular weight excluding hydrogens is 360 g/mol. The molecule has 1 rings (SSSR count). The molecule has 6 nitrogen and oxygen atoms in total. The number of rotatable bonds is 17. The van der Waals surface area contributed by atoms with Gasteiger partial charge in [-0.1, -0.05) is 78.1 Å². The number of unbranched alkanes of at least 4 members (excludes halogenated alkanes) is 10. The average Bonchev–Trinajstić information content (AvgIpc) is 2.69. The smallest absolute Gasteiger partial charge is 0.184 e. The molecule has 1 unspecified atom stereocenters. The van der Waals surface area contributed by atoms with Crippen LogP contribution < -0.4 is 0 Å². The predicted molar refractivity (Wildman–Crippen MR) is 110 cm³/mol. The van der Waals surface area contributed by atoms with Gasteiger partial charge in [-0.05, 0) is 12.8 Å². The van der Waals surface area contributed by atoms with Crippen molar-refractivity contribution in [3.05, 3.63) is 0 Å². The average molecular weight is 405 g/mol. The lowest BCUT2D eigenvalue weighted by molar-refractivity contribution is -0.296. The molecule has 0 bridgehead atoms. The summed E-state index contributed by atoms with van der Waals surface area (Å²) >= 11 is 0. The van der Waals surface area contributed by atoms with Crippen molar-refractivity contribution in [1.29, 1.82) is 0 Å². The molecule has 1 aliphatic rings. The van der Waals surface area contributed by atoms with Crippen molar-refractivity contribution in [3.63, 3.8) is 0 Å². The Morgan fingerprint density at radius 2 is 1.21 bits per heavy atom. The largest absolute Gasteiger partial charge is 0.387 e. The molecule has 0 radical (unpaired) electrons. The van der Waals surface area contributed by atoms with Crippen LogP contribution in [0.4, 0.5) is 0 Å². The summed E-state index contributed by atoms with van der Waals surface area (Å²) in [6.07, 6.45) is 8.89. The second kappa shape index (κ2) is 16.5. The minimum atomic E-state index is -1.41. The fourth-order valence-corrected chi connectivity index (χ4v) is 3.55. The Morgan fingerprint density at radius 3 is 1.82 bits per heavy atom. The van der Waals surface area contributed by atoms with E-state index in [1.807, 2.05) is 0 Å². The van der Waals surface area contributed by atoms with Crippen LogP contribution in [0.1, 0.15) is 90.9 Å². The van der Waals surface area contributed by atoms with E-state index in [9.17, 15) is 15.3 Å². The van der Waals surface area contributed by atoms with Crippen molar-refractivity contribution in [2.75, 3.05) is 19.8 Å². The molecule has 5 atom stereocenters. The van der Waals surface area contributed by atoms with Gasteiger partial charge in [0.1, 0.15) is 24.4 Å². The Bertz CT molecular complexity index is 354. The Kier molecular flexibility index (Phi) is 15.2. The first-order valence-corrected chi connectivity index (χ1v) is 11.5. The van der Waals surface area contributed by atoms with Crippen LogP contribution in [0.2, 0.25) is 0 Å². The van der Waals surface area contributed by atoms with E-state index in [0.717, 1.165) is 25.7 Å². The normalized spacial score (nSPS) is 28.0. The van der Waals surface area contributed by atoms with Gasteiger partial charge in [-0.25, -0.2) is 0 Å². The van der Waals surface area contributed by atoms with Crippen LogP contribution in [-0.4, -0.2) is 65.8 Å². The molecule has 1 aliphatic heterocycles. The molecular formula is C22H44O6. The zero-order valence-corrected chi connectivity index (χ0v) is 18.1. The molecule has 0 amide bonds. The summed E-state index contributed by atoms with van der Waals surface area (Å²) in [5.41, 5.74) is 0. The van der Waals surface area contributed by atoms with Gasteiger partial charge in [0, 0.05) is 13.2 Å². The lowest BCUT2D eigenvalue weighted by atomic mass is 9.99. The van der Waals surface area contributed by atoms with E-state index in [1.54, 1.807) is 0 Å². The molecule has 0 saturated carbocycles. The lowest BCUT2D eigenvalue weighted by Crippen LogP contribution is -2.59. The van der Waals surface area contributed by atoms with Crippen LogP contribution in [0.5, 0.6) is 0 Å². The number of ether oxygens (including phenoxy) is 3. The highest BCUT2D eigenvalue weighted by molar-refractivity contribution is 4.89. The summed E-state index contributed by atoms with van der Waals surface area (Å²) in [4.78, 5) is 0. The van der Waals surface area contributed by atoms with Gasteiger partial charge in [-0.15, -0.1) is 0 Å². The predicted octanol–water partition coefficient (Wildman–Crippen LogP) is 3.55. The Balaban J connectivity index is 2.27. The minimum absolute atomic E-state index is 0.247. The highest BCUT2D eigenvalue weighted by Crippen LogP contribution is 2.23. The maximum Gasteiger partial charge on any atom is 0.184 e. The first-order chi connectivity index (χ1) is 13.6. The number of hydrogen-bond acceptors (Lipinski definition) is 6. The molecule has 1 fully saturated rings. The number of aliphatic hydroxyl groups is 3. The maximum atomic E-state index is 10.3. The monoisotopic (exact) mass is 404 g/mol. The fourth-order valence-electron chi connectivity index (χ4n) is 3.55. The van der Waals surface area contributed by atoms with E-state index in [1.165, 1.54) is 51.4 Å². The fraction of sp³-hybridized carbons (Fsp3) is 1.00. The van der Waals surface area contributed by atoms with E-state index in [2.05, 4.69) is 13.8 Å². The van der Waals surface area contributed by atoms with Crippen molar-refractivity contribution in [1.82, 2.24) is 0 Å². The van der Waals surface area contributed by atoms with Crippen molar-refractivity contribution >= 4 is 0 Å². The van der Waals surface area contributed by atoms with Gasteiger partial charge in [-0.2, -0.15) is 0 Å². The van der Waals surface area contributed by atoms with Crippen molar-refractivity contribution in [2.24, 2.45) is 0 Å². The van der Waals surface area contributed by atoms with Crippen LogP contribution in [0.15, 0.2) is 0 Å². The standard InChI is InChI=1S/C22H44O6/c1-3-5-7-9-11-13-15-26-17-18-21(19(23)20(24)22(25)28-18)27-16-14-12-10-8-6-4-2/h18-25H,3-17H2,1-2H3/t18-,19-,20-,21-,22?/m1/s1. The quantitative estimate of drug-likeness (QED) is 0.321. The van der Waals surface area contributed by atoms with Crippen LogP contribution in [0.3, 0.4) is 0 Å². The Hall–Kier alpha value is -0.240. The van der Waals surface area contributed by atoms with Crippen LogP contribution in [0, 0.1) is 0 Å². The van der Waals surface area contributed by atoms with E-state index >= 15 is 0 Å². The van der Waals surface area contributed by atoms with Crippen LogP contribution in [-0.2, 0) is 14.2 Å². The summed E-state index contributed by atoms with van der Waals surface area (Å²) in [5.74, 6) is 0. The molecule has 1 saturated heterocycles. The van der Waals surface area contributed by atoms with Gasteiger partial charge in [0.2, 0.25) is 0 Å².